The molecule has 0 spiro atoms. The molecule has 88 valence electrons. The van der Waals surface area contributed by atoms with E-state index in [0.29, 0.717) is 24.3 Å². The van der Waals surface area contributed by atoms with E-state index in [-0.39, 0.29) is 12.0 Å². The maximum atomic E-state index is 11.5. The minimum Gasteiger partial charge on any atom is -0.380 e. The van der Waals surface area contributed by atoms with E-state index in [0.717, 1.165) is 6.54 Å². The number of hydrogen-bond acceptors (Lipinski definition) is 3. The van der Waals surface area contributed by atoms with Crippen molar-refractivity contribution in [1.29, 1.82) is 0 Å². The van der Waals surface area contributed by atoms with Crippen molar-refractivity contribution in [3.05, 3.63) is 0 Å². The lowest BCUT2D eigenvalue weighted by molar-refractivity contribution is -0.123. The van der Waals surface area contributed by atoms with Crippen LogP contribution in [-0.4, -0.2) is 32.2 Å². The standard InChI is InChI=1S/C11H22N2O2/c1-11(2)5-8(11)7-13-10(14)4-9(6-12)15-3/h8-9H,4-7,12H2,1-3H3,(H,13,14). The quantitative estimate of drug-likeness (QED) is 0.677. The molecule has 15 heavy (non-hydrogen) atoms. The smallest absolute Gasteiger partial charge is 0.222 e. The molecule has 1 amide bonds. The van der Waals surface area contributed by atoms with Crippen molar-refractivity contribution in [1.82, 2.24) is 5.32 Å². The molecule has 1 aliphatic rings. The molecule has 1 aliphatic carbocycles. The topological polar surface area (TPSA) is 64.3 Å². The average molecular weight is 214 g/mol. The number of nitrogens with two attached hydrogens (primary N) is 1. The SMILES string of the molecule is COC(CN)CC(=O)NCC1CC1(C)C. The van der Waals surface area contributed by atoms with Crippen LogP contribution in [0, 0.1) is 11.3 Å². The van der Waals surface area contributed by atoms with Crippen LogP contribution >= 0.6 is 0 Å². The highest BCUT2D eigenvalue weighted by Crippen LogP contribution is 2.50. The largest absolute Gasteiger partial charge is 0.380 e. The Morgan fingerprint density at radius 1 is 1.67 bits per heavy atom. The highest BCUT2D eigenvalue weighted by Gasteiger charge is 2.45. The summed E-state index contributed by atoms with van der Waals surface area (Å²) >= 11 is 0. The molecule has 0 radical (unpaired) electrons. The van der Waals surface area contributed by atoms with Gasteiger partial charge in [0, 0.05) is 20.2 Å². The van der Waals surface area contributed by atoms with Crippen LogP contribution < -0.4 is 11.1 Å². The van der Waals surface area contributed by atoms with E-state index < -0.39 is 0 Å². The molecular weight excluding hydrogens is 192 g/mol. The van der Waals surface area contributed by atoms with Gasteiger partial charge < -0.3 is 15.8 Å². The summed E-state index contributed by atoms with van der Waals surface area (Å²) in [5.41, 5.74) is 5.86. The molecule has 0 aromatic carbocycles. The molecule has 4 nitrogen and oxygen atoms in total. The molecule has 2 atom stereocenters. The van der Waals surface area contributed by atoms with Gasteiger partial charge in [-0.25, -0.2) is 0 Å². The number of rotatable bonds is 6. The maximum absolute atomic E-state index is 11.5. The molecule has 1 saturated carbocycles. The molecule has 0 aliphatic heterocycles. The third-order valence-corrected chi connectivity index (χ3v) is 3.27. The van der Waals surface area contributed by atoms with Gasteiger partial charge in [0.1, 0.15) is 0 Å². The second-order valence-electron chi connectivity index (χ2n) is 4.99. The lowest BCUT2D eigenvalue weighted by Gasteiger charge is -2.12. The van der Waals surface area contributed by atoms with Gasteiger partial charge in [-0.2, -0.15) is 0 Å². The van der Waals surface area contributed by atoms with Crippen LogP contribution in [0.2, 0.25) is 0 Å². The fraction of sp³-hybridized carbons (Fsp3) is 0.909. The van der Waals surface area contributed by atoms with E-state index in [4.69, 9.17) is 10.5 Å². The van der Waals surface area contributed by atoms with E-state index in [1.165, 1.54) is 6.42 Å². The third-order valence-electron chi connectivity index (χ3n) is 3.27. The summed E-state index contributed by atoms with van der Waals surface area (Å²) in [6.45, 7) is 5.62. The van der Waals surface area contributed by atoms with Gasteiger partial charge in [0.15, 0.2) is 0 Å². The molecule has 1 fully saturated rings. The van der Waals surface area contributed by atoms with Crippen molar-refractivity contribution in [3.8, 4) is 0 Å². The zero-order valence-electron chi connectivity index (χ0n) is 9.88. The summed E-state index contributed by atoms with van der Waals surface area (Å²) in [6.07, 6.45) is 1.41. The van der Waals surface area contributed by atoms with Gasteiger partial charge in [-0.05, 0) is 17.8 Å². The van der Waals surface area contributed by atoms with Crippen molar-refractivity contribution in [2.45, 2.75) is 32.8 Å². The Balaban J connectivity index is 2.14. The number of methoxy groups -OCH3 is 1. The molecule has 1 rings (SSSR count). The zero-order valence-corrected chi connectivity index (χ0v) is 9.88. The van der Waals surface area contributed by atoms with E-state index in [1.807, 2.05) is 0 Å². The first kappa shape index (κ1) is 12.5. The number of hydrogen-bond donors (Lipinski definition) is 2. The molecule has 0 bridgehead atoms. The first-order valence-corrected chi connectivity index (χ1v) is 5.49. The number of nitrogens with one attached hydrogen (secondary N) is 1. The van der Waals surface area contributed by atoms with Crippen LogP contribution in [0.3, 0.4) is 0 Å². The van der Waals surface area contributed by atoms with Crippen molar-refractivity contribution < 1.29 is 9.53 Å². The molecule has 0 heterocycles. The average Bonchev–Trinajstić information content (AvgIpc) is 2.80. The first-order chi connectivity index (χ1) is 6.99. The Labute approximate surface area is 91.5 Å². The lowest BCUT2D eigenvalue weighted by atomic mass is 10.1. The van der Waals surface area contributed by atoms with Gasteiger partial charge in [-0.3, -0.25) is 4.79 Å². The highest BCUT2D eigenvalue weighted by molar-refractivity contribution is 5.76. The van der Waals surface area contributed by atoms with Crippen LogP contribution in [0.25, 0.3) is 0 Å². The van der Waals surface area contributed by atoms with Crippen LogP contribution in [0.1, 0.15) is 26.7 Å². The number of amides is 1. The Kier molecular flexibility index (Phi) is 4.11. The fourth-order valence-electron chi connectivity index (χ4n) is 1.70. The zero-order chi connectivity index (χ0) is 11.5. The number of ether oxygens (including phenoxy) is 1. The third kappa shape index (κ3) is 3.80. The number of carbonyl (C=O) groups excluding carboxylic acids is 1. The Bertz CT molecular complexity index is 225. The summed E-state index contributed by atoms with van der Waals surface area (Å²) in [4.78, 5) is 11.5. The van der Waals surface area contributed by atoms with Crippen LogP contribution in [0.4, 0.5) is 0 Å². The normalized spacial score (nSPS) is 24.7. The van der Waals surface area contributed by atoms with Crippen LogP contribution in [0.15, 0.2) is 0 Å². The van der Waals surface area contributed by atoms with E-state index in [2.05, 4.69) is 19.2 Å². The summed E-state index contributed by atoms with van der Waals surface area (Å²) in [7, 11) is 1.58. The van der Waals surface area contributed by atoms with Gasteiger partial charge in [-0.15, -0.1) is 0 Å². The predicted octanol–water partition coefficient (Wildman–Crippen LogP) is 0.513. The van der Waals surface area contributed by atoms with Gasteiger partial charge in [0.05, 0.1) is 12.5 Å². The molecule has 0 aromatic heterocycles. The summed E-state index contributed by atoms with van der Waals surface area (Å²) < 4.78 is 5.05. The highest BCUT2D eigenvalue weighted by atomic mass is 16.5. The number of carbonyl (C=O) groups is 1. The van der Waals surface area contributed by atoms with Crippen molar-refractivity contribution in [3.63, 3.8) is 0 Å². The van der Waals surface area contributed by atoms with Crippen molar-refractivity contribution >= 4 is 5.91 Å². The summed E-state index contributed by atoms with van der Waals surface area (Å²) in [5, 5.41) is 2.92. The summed E-state index contributed by atoms with van der Waals surface area (Å²) in [5.74, 6) is 0.676. The summed E-state index contributed by atoms with van der Waals surface area (Å²) in [6, 6.07) is 0. The Hall–Kier alpha value is -0.610. The molecule has 3 N–H and O–H groups in total. The van der Waals surface area contributed by atoms with Crippen molar-refractivity contribution in [2.75, 3.05) is 20.2 Å². The monoisotopic (exact) mass is 214 g/mol. The Morgan fingerprint density at radius 3 is 2.67 bits per heavy atom. The van der Waals surface area contributed by atoms with Crippen LogP contribution in [-0.2, 0) is 9.53 Å². The molecule has 0 aromatic rings. The van der Waals surface area contributed by atoms with Gasteiger partial charge in [0.2, 0.25) is 5.91 Å². The minimum absolute atomic E-state index is 0.0370. The van der Waals surface area contributed by atoms with E-state index >= 15 is 0 Å². The van der Waals surface area contributed by atoms with Gasteiger partial charge in [0.25, 0.3) is 0 Å². The molecule has 0 saturated heterocycles. The second kappa shape index (κ2) is 4.94. The predicted molar refractivity (Wildman–Crippen MR) is 59.4 cm³/mol. The second-order valence-corrected chi connectivity index (χ2v) is 4.99. The van der Waals surface area contributed by atoms with Gasteiger partial charge >= 0.3 is 0 Å². The van der Waals surface area contributed by atoms with Crippen LogP contribution in [0.5, 0.6) is 0 Å². The molecular formula is C11H22N2O2. The van der Waals surface area contributed by atoms with E-state index in [9.17, 15) is 4.79 Å². The van der Waals surface area contributed by atoms with E-state index in [1.54, 1.807) is 7.11 Å². The first-order valence-electron chi connectivity index (χ1n) is 5.49. The van der Waals surface area contributed by atoms with Crippen molar-refractivity contribution in [2.24, 2.45) is 17.1 Å². The maximum Gasteiger partial charge on any atom is 0.222 e. The van der Waals surface area contributed by atoms with Gasteiger partial charge in [-0.1, -0.05) is 13.8 Å². The minimum atomic E-state index is -0.155. The lowest BCUT2D eigenvalue weighted by Crippen LogP contribution is -2.33. The molecule has 4 heteroatoms. The molecule has 2 unspecified atom stereocenters. The Morgan fingerprint density at radius 2 is 2.27 bits per heavy atom. The fourth-order valence-corrected chi connectivity index (χ4v) is 1.70.